The van der Waals surface area contributed by atoms with Crippen LogP contribution < -0.4 is 0 Å². The second-order valence-corrected chi connectivity index (χ2v) is 7.22. The van der Waals surface area contributed by atoms with E-state index >= 15 is 0 Å². The second-order valence-electron chi connectivity index (χ2n) is 7.22. The molecule has 0 atom stereocenters. The predicted molar refractivity (Wildman–Crippen MR) is 97.2 cm³/mol. The van der Waals surface area contributed by atoms with Crippen molar-refractivity contribution in [1.29, 1.82) is 10.5 Å². The lowest BCUT2D eigenvalue weighted by molar-refractivity contribution is 0.590. The molecule has 0 spiro atoms. The van der Waals surface area contributed by atoms with Crippen LogP contribution >= 0.6 is 0 Å². The van der Waals surface area contributed by atoms with E-state index in [0.717, 1.165) is 34.2 Å². The fourth-order valence-corrected chi connectivity index (χ4v) is 3.26. The molecule has 0 aliphatic heterocycles. The molecule has 0 saturated heterocycles. The fraction of sp³-hybridized carbons (Fsp3) is 0.273. The SMILES string of the molecule is CCc1ccc2c(c1)C(=C(C#N)C#N)c1cc(C(C)(C)C)ccc1-2. The summed E-state index contributed by atoms with van der Waals surface area (Å²) in [6.45, 7) is 8.63. The van der Waals surface area contributed by atoms with Crippen LogP contribution in [0.5, 0.6) is 0 Å². The smallest absolute Gasteiger partial charge is 0.138 e. The summed E-state index contributed by atoms with van der Waals surface area (Å²) >= 11 is 0. The molecule has 2 heteroatoms. The first-order valence-electron chi connectivity index (χ1n) is 8.23. The number of nitrogens with zero attached hydrogens (tertiary/aromatic N) is 2. The summed E-state index contributed by atoms with van der Waals surface area (Å²) in [5.41, 5.74) is 7.64. The molecule has 2 nitrogen and oxygen atoms in total. The van der Waals surface area contributed by atoms with Gasteiger partial charge < -0.3 is 0 Å². The van der Waals surface area contributed by atoms with Crippen LogP contribution in [0.3, 0.4) is 0 Å². The van der Waals surface area contributed by atoms with Crippen molar-refractivity contribution in [2.75, 3.05) is 0 Å². The maximum Gasteiger partial charge on any atom is 0.138 e. The van der Waals surface area contributed by atoms with Gasteiger partial charge in [-0.1, -0.05) is 58.0 Å². The van der Waals surface area contributed by atoms with Gasteiger partial charge >= 0.3 is 0 Å². The highest BCUT2D eigenvalue weighted by atomic mass is 14.3. The Bertz CT molecular complexity index is 925. The van der Waals surface area contributed by atoms with Gasteiger partial charge in [0.15, 0.2) is 0 Å². The average molecular weight is 312 g/mol. The summed E-state index contributed by atoms with van der Waals surface area (Å²) in [4.78, 5) is 0. The Hall–Kier alpha value is -2.84. The average Bonchev–Trinajstić information content (AvgIpc) is 2.88. The number of hydrogen-bond acceptors (Lipinski definition) is 2. The highest BCUT2D eigenvalue weighted by molar-refractivity contribution is 6.04. The van der Waals surface area contributed by atoms with Crippen molar-refractivity contribution in [3.05, 3.63) is 64.2 Å². The summed E-state index contributed by atoms with van der Waals surface area (Å²) in [6.07, 6.45) is 0.929. The van der Waals surface area contributed by atoms with E-state index < -0.39 is 0 Å². The molecule has 0 heterocycles. The van der Waals surface area contributed by atoms with Gasteiger partial charge in [-0.25, -0.2) is 0 Å². The van der Waals surface area contributed by atoms with Crippen molar-refractivity contribution in [2.45, 2.75) is 39.5 Å². The maximum atomic E-state index is 9.46. The number of benzene rings is 2. The van der Waals surface area contributed by atoms with Crippen molar-refractivity contribution in [2.24, 2.45) is 0 Å². The van der Waals surface area contributed by atoms with Crippen LogP contribution in [-0.4, -0.2) is 0 Å². The van der Waals surface area contributed by atoms with Gasteiger partial charge in [0.25, 0.3) is 0 Å². The normalized spacial score (nSPS) is 12.2. The molecule has 0 N–H and O–H groups in total. The summed E-state index contributed by atoms with van der Waals surface area (Å²) in [7, 11) is 0. The Labute approximate surface area is 143 Å². The van der Waals surface area contributed by atoms with Crippen LogP contribution in [-0.2, 0) is 11.8 Å². The van der Waals surface area contributed by atoms with Crippen LogP contribution in [0.4, 0.5) is 0 Å². The zero-order valence-corrected chi connectivity index (χ0v) is 14.6. The minimum atomic E-state index is 0.0168. The molecule has 0 amide bonds. The van der Waals surface area contributed by atoms with Gasteiger partial charge in [0.2, 0.25) is 0 Å². The molecule has 0 aromatic heterocycles. The highest BCUT2D eigenvalue weighted by Crippen LogP contribution is 2.47. The number of hydrogen-bond donors (Lipinski definition) is 0. The predicted octanol–water partition coefficient (Wildman–Crippen LogP) is 5.38. The van der Waals surface area contributed by atoms with Gasteiger partial charge in [-0.15, -0.1) is 0 Å². The fourth-order valence-electron chi connectivity index (χ4n) is 3.26. The molecule has 3 rings (SSSR count). The van der Waals surface area contributed by atoms with E-state index in [1.807, 2.05) is 0 Å². The van der Waals surface area contributed by atoms with Gasteiger partial charge in [0.1, 0.15) is 17.7 Å². The Morgan fingerprint density at radius 1 is 0.875 bits per heavy atom. The topological polar surface area (TPSA) is 47.6 Å². The minimum absolute atomic E-state index is 0.0168. The Kier molecular flexibility index (Phi) is 3.78. The van der Waals surface area contributed by atoms with Gasteiger partial charge in [-0.3, -0.25) is 0 Å². The quantitative estimate of drug-likeness (QED) is 0.567. The standard InChI is InChI=1S/C22H20N2/c1-5-14-6-8-17-18-9-7-16(22(2,3)4)11-20(18)21(19(17)10-14)15(12-23)13-24/h6-11H,5H2,1-4H3. The number of rotatable bonds is 1. The third-order valence-electron chi connectivity index (χ3n) is 4.68. The number of allylic oxidation sites excluding steroid dienone is 1. The maximum absolute atomic E-state index is 9.46. The molecule has 0 radical (unpaired) electrons. The largest absolute Gasteiger partial charge is 0.192 e. The molecule has 118 valence electrons. The van der Waals surface area contributed by atoms with Crippen LogP contribution in [0.2, 0.25) is 0 Å². The lowest BCUT2D eigenvalue weighted by Gasteiger charge is -2.20. The molecule has 0 saturated carbocycles. The van der Waals surface area contributed by atoms with Gasteiger partial charge in [-0.2, -0.15) is 10.5 Å². The molecule has 2 aromatic carbocycles. The van der Waals surface area contributed by atoms with E-state index in [0.29, 0.717) is 0 Å². The number of aryl methyl sites for hydroxylation is 1. The van der Waals surface area contributed by atoms with Gasteiger partial charge in [-0.05, 0) is 51.3 Å². The molecule has 0 fully saturated rings. The number of fused-ring (bicyclic) bond motifs is 3. The lowest BCUT2D eigenvalue weighted by atomic mass is 9.84. The van der Waals surface area contributed by atoms with E-state index in [1.54, 1.807) is 0 Å². The molecule has 1 aliphatic rings. The van der Waals surface area contributed by atoms with E-state index in [2.05, 4.69) is 76.2 Å². The van der Waals surface area contributed by atoms with Crippen LogP contribution in [0.15, 0.2) is 42.0 Å². The van der Waals surface area contributed by atoms with Crippen molar-refractivity contribution in [3.63, 3.8) is 0 Å². The first-order valence-corrected chi connectivity index (χ1v) is 8.23. The molecular formula is C22H20N2. The Balaban J connectivity index is 2.38. The summed E-state index contributed by atoms with van der Waals surface area (Å²) < 4.78 is 0. The first-order chi connectivity index (χ1) is 11.4. The minimum Gasteiger partial charge on any atom is -0.192 e. The molecule has 2 aromatic rings. The van der Waals surface area contributed by atoms with Crippen molar-refractivity contribution in [1.82, 2.24) is 0 Å². The van der Waals surface area contributed by atoms with E-state index in [-0.39, 0.29) is 11.0 Å². The Morgan fingerprint density at radius 2 is 1.46 bits per heavy atom. The van der Waals surface area contributed by atoms with Gasteiger partial charge in [0.05, 0.1) is 0 Å². The molecule has 0 bridgehead atoms. The molecule has 0 unspecified atom stereocenters. The lowest BCUT2D eigenvalue weighted by Crippen LogP contribution is -2.11. The molecule has 24 heavy (non-hydrogen) atoms. The zero-order valence-electron chi connectivity index (χ0n) is 14.6. The van der Waals surface area contributed by atoms with Crippen molar-refractivity contribution < 1.29 is 0 Å². The summed E-state index contributed by atoms with van der Waals surface area (Å²) in [5, 5.41) is 18.9. The van der Waals surface area contributed by atoms with Crippen LogP contribution in [0.1, 0.15) is 49.9 Å². The first kappa shape index (κ1) is 16.0. The summed E-state index contributed by atoms with van der Waals surface area (Å²) in [6, 6.07) is 17.0. The highest BCUT2D eigenvalue weighted by Gasteiger charge is 2.28. The van der Waals surface area contributed by atoms with E-state index in [1.165, 1.54) is 11.1 Å². The molecule has 1 aliphatic carbocycles. The van der Waals surface area contributed by atoms with E-state index in [4.69, 9.17) is 0 Å². The van der Waals surface area contributed by atoms with Crippen molar-refractivity contribution in [3.8, 4) is 23.3 Å². The summed E-state index contributed by atoms with van der Waals surface area (Å²) in [5.74, 6) is 0. The second kappa shape index (κ2) is 5.66. The van der Waals surface area contributed by atoms with Crippen LogP contribution in [0.25, 0.3) is 16.7 Å². The van der Waals surface area contributed by atoms with Crippen molar-refractivity contribution >= 4 is 5.57 Å². The van der Waals surface area contributed by atoms with Gasteiger partial charge in [0, 0.05) is 5.57 Å². The zero-order chi connectivity index (χ0) is 17.5. The van der Waals surface area contributed by atoms with Crippen LogP contribution in [0, 0.1) is 22.7 Å². The third-order valence-corrected chi connectivity index (χ3v) is 4.68. The number of nitriles is 2. The monoisotopic (exact) mass is 312 g/mol. The third kappa shape index (κ3) is 2.41. The molecular weight excluding hydrogens is 292 g/mol. The van der Waals surface area contributed by atoms with E-state index in [9.17, 15) is 10.5 Å². The Morgan fingerprint density at radius 3 is 2.00 bits per heavy atom.